The monoisotopic (exact) mass is 203 g/mol. The number of hydrogen-bond donors (Lipinski definition) is 0. The molecule has 66 valence electrons. The van der Waals surface area contributed by atoms with Crippen molar-refractivity contribution >= 4 is 21.9 Å². The molecule has 1 aromatic carbocycles. The summed E-state index contributed by atoms with van der Waals surface area (Å²) in [5.41, 5.74) is 0. The van der Waals surface area contributed by atoms with E-state index >= 15 is 0 Å². The largest absolute Gasteiger partial charge is 0.768 e. The molecule has 0 amide bonds. The van der Waals surface area contributed by atoms with Crippen LogP contribution in [0.4, 0.5) is 0 Å². The second-order valence-corrected chi connectivity index (χ2v) is 4.48. The van der Waals surface area contributed by atoms with Crippen molar-refractivity contribution in [2.45, 2.75) is 9.79 Å². The highest BCUT2D eigenvalue weighted by molar-refractivity contribution is 7.84. The predicted molar refractivity (Wildman–Crippen MR) is 46.0 cm³/mol. The molecule has 2 atom stereocenters. The highest BCUT2D eigenvalue weighted by Crippen LogP contribution is 2.09. The topological polar surface area (TPSA) is 57.2 Å². The Kier molecular flexibility index (Phi) is 3.13. The first-order valence-corrected chi connectivity index (χ1v) is 5.77. The van der Waals surface area contributed by atoms with Gasteiger partial charge in [-0.3, -0.25) is 8.42 Å². The maximum Gasteiger partial charge on any atom is 0.0498 e. The molecule has 5 heteroatoms. The SMILES string of the molecule is CS(=O)c1ccc(S(=O)[O-])cc1. The van der Waals surface area contributed by atoms with Gasteiger partial charge in [0.25, 0.3) is 0 Å². The Bertz CT molecular complexity index is 285. The minimum Gasteiger partial charge on any atom is -0.768 e. The van der Waals surface area contributed by atoms with Gasteiger partial charge in [0, 0.05) is 26.8 Å². The highest BCUT2D eigenvalue weighted by atomic mass is 32.2. The summed E-state index contributed by atoms with van der Waals surface area (Å²) >= 11 is -2.20. The molecule has 0 saturated heterocycles. The summed E-state index contributed by atoms with van der Waals surface area (Å²) in [6.45, 7) is 0. The minimum absolute atomic E-state index is 0.212. The third kappa shape index (κ3) is 2.23. The van der Waals surface area contributed by atoms with Gasteiger partial charge >= 0.3 is 0 Å². The Morgan fingerprint density at radius 2 is 1.50 bits per heavy atom. The van der Waals surface area contributed by atoms with Gasteiger partial charge in [0.15, 0.2) is 0 Å². The standard InChI is InChI=1S/C7H8O3S2/c1-11(8)6-2-4-7(5-3-6)12(9)10/h2-5H,1H3,(H,9,10)/p-1. The molecule has 0 aromatic heterocycles. The van der Waals surface area contributed by atoms with Crippen LogP contribution in [-0.4, -0.2) is 19.2 Å². The smallest absolute Gasteiger partial charge is 0.0498 e. The van der Waals surface area contributed by atoms with Gasteiger partial charge in [0.1, 0.15) is 0 Å². The molecule has 0 saturated carbocycles. The maximum absolute atomic E-state index is 10.9. The van der Waals surface area contributed by atoms with Crippen LogP contribution < -0.4 is 0 Å². The Balaban J connectivity index is 3.01. The molecular weight excluding hydrogens is 196 g/mol. The van der Waals surface area contributed by atoms with Crippen molar-refractivity contribution < 1.29 is 13.0 Å². The Hall–Kier alpha value is -0.520. The van der Waals surface area contributed by atoms with E-state index in [9.17, 15) is 13.0 Å². The van der Waals surface area contributed by atoms with E-state index in [1.54, 1.807) is 18.4 Å². The van der Waals surface area contributed by atoms with Gasteiger partial charge in [-0.05, 0) is 35.3 Å². The summed E-state index contributed by atoms with van der Waals surface area (Å²) in [5, 5.41) is 0. The van der Waals surface area contributed by atoms with Crippen LogP contribution in [0.15, 0.2) is 34.1 Å². The van der Waals surface area contributed by atoms with Gasteiger partial charge in [-0.15, -0.1) is 0 Å². The first-order chi connectivity index (χ1) is 5.61. The molecule has 1 aromatic rings. The van der Waals surface area contributed by atoms with Crippen LogP contribution in [0.25, 0.3) is 0 Å². The fourth-order valence-corrected chi connectivity index (χ4v) is 1.62. The van der Waals surface area contributed by atoms with E-state index in [2.05, 4.69) is 0 Å². The molecule has 0 aliphatic carbocycles. The quantitative estimate of drug-likeness (QED) is 0.663. The van der Waals surface area contributed by atoms with E-state index < -0.39 is 21.9 Å². The third-order valence-electron chi connectivity index (χ3n) is 1.35. The van der Waals surface area contributed by atoms with Gasteiger partial charge < -0.3 is 4.55 Å². The molecular formula is C7H7O3S2-. The van der Waals surface area contributed by atoms with E-state index in [1.807, 2.05) is 0 Å². The fourth-order valence-electron chi connectivity index (χ4n) is 0.742. The van der Waals surface area contributed by atoms with Gasteiger partial charge in [0.2, 0.25) is 0 Å². The van der Waals surface area contributed by atoms with Crippen LogP contribution in [0.5, 0.6) is 0 Å². The molecule has 1 rings (SSSR count). The van der Waals surface area contributed by atoms with Crippen LogP contribution in [-0.2, 0) is 21.9 Å². The average Bonchev–Trinajstić information content (AvgIpc) is 2.04. The molecule has 0 spiro atoms. The highest BCUT2D eigenvalue weighted by Gasteiger charge is 1.96. The summed E-state index contributed by atoms with van der Waals surface area (Å²) in [4.78, 5) is 0.841. The molecule has 0 aliphatic rings. The maximum atomic E-state index is 10.9. The van der Waals surface area contributed by atoms with Gasteiger partial charge in [-0.2, -0.15) is 0 Å². The molecule has 3 nitrogen and oxygen atoms in total. The van der Waals surface area contributed by atoms with Crippen molar-refractivity contribution in [2.24, 2.45) is 0 Å². The van der Waals surface area contributed by atoms with E-state index in [0.29, 0.717) is 4.90 Å². The lowest BCUT2D eigenvalue weighted by molar-refractivity contribution is 0.537. The van der Waals surface area contributed by atoms with E-state index in [-0.39, 0.29) is 4.90 Å². The molecule has 0 N–H and O–H groups in total. The predicted octanol–water partition coefficient (Wildman–Crippen LogP) is 0.662. The van der Waals surface area contributed by atoms with Crippen molar-refractivity contribution in [3.05, 3.63) is 24.3 Å². The molecule has 0 fully saturated rings. The van der Waals surface area contributed by atoms with Crippen molar-refractivity contribution in [1.82, 2.24) is 0 Å². The van der Waals surface area contributed by atoms with E-state index in [0.717, 1.165) is 0 Å². The molecule has 2 unspecified atom stereocenters. The average molecular weight is 203 g/mol. The lowest BCUT2D eigenvalue weighted by Gasteiger charge is -2.04. The van der Waals surface area contributed by atoms with Gasteiger partial charge in [-0.25, -0.2) is 0 Å². The van der Waals surface area contributed by atoms with Crippen LogP contribution in [0.3, 0.4) is 0 Å². The summed E-state index contributed by atoms with van der Waals surface area (Å²) < 4.78 is 31.7. The van der Waals surface area contributed by atoms with Gasteiger partial charge in [0.05, 0.1) is 0 Å². The van der Waals surface area contributed by atoms with Crippen LogP contribution in [0.1, 0.15) is 0 Å². The summed E-state index contributed by atoms with van der Waals surface area (Å²) in [6, 6.07) is 5.95. The number of benzene rings is 1. The fraction of sp³-hybridized carbons (Fsp3) is 0.143. The first kappa shape index (κ1) is 9.57. The zero-order chi connectivity index (χ0) is 9.14. The lowest BCUT2D eigenvalue weighted by atomic mass is 10.4. The van der Waals surface area contributed by atoms with Crippen LogP contribution in [0, 0.1) is 0 Å². The summed E-state index contributed by atoms with van der Waals surface area (Å²) in [5.74, 6) is 0. The minimum atomic E-state index is -2.20. The van der Waals surface area contributed by atoms with E-state index in [4.69, 9.17) is 0 Å². The lowest BCUT2D eigenvalue weighted by Crippen LogP contribution is -1.91. The summed E-state index contributed by atoms with van der Waals surface area (Å²) in [6.07, 6.45) is 1.54. The molecule has 0 radical (unpaired) electrons. The number of rotatable bonds is 2. The first-order valence-electron chi connectivity index (χ1n) is 3.14. The van der Waals surface area contributed by atoms with Crippen molar-refractivity contribution in [3.63, 3.8) is 0 Å². The second-order valence-electron chi connectivity index (χ2n) is 2.16. The van der Waals surface area contributed by atoms with Gasteiger partial charge in [-0.1, -0.05) is 0 Å². The van der Waals surface area contributed by atoms with Crippen LogP contribution in [0.2, 0.25) is 0 Å². The number of hydrogen-bond acceptors (Lipinski definition) is 3. The molecule has 0 aliphatic heterocycles. The summed E-state index contributed by atoms with van der Waals surface area (Å²) in [7, 11) is -1.05. The normalized spacial score (nSPS) is 15.5. The molecule has 0 heterocycles. The zero-order valence-corrected chi connectivity index (χ0v) is 7.98. The van der Waals surface area contributed by atoms with Crippen LogP contribution >= 0.6 is 0 Å². The van der Waals surface area contributed by atoms with Crippen molar-refractivity contribution in [2.75, 3.05) is 6.26 Å². The Labute approximate surface area is 75.5 Å². The zero-order valence-electron chi connectivity index (χ0n) is 6.35. The third-order valence-corrected chi connectivity index (χ3v) is 2.94. The molecule has 0 bridgehead atoms. The second kappa shape index (κ2) is 3.93. The van der Waals surface area contributed by atoms with E-state index in [1.165, 1.54) is 12.1 Å². The van der Waals surface area contributed by atoms with Crippen molar-refractivity contribution in [1.29, 1.82) is 0 Å². The Morgan fingerprint density at radius 1 is 1.08 bits per heavy atom. The van der Waals surface area contributed by atoms with Crippen molar-refractivity contribution in [3.8, 4) is 0 Å². The molecule has 12 heavy (non-hydrogen) atoms. The Morgan fingerprint density at radius 3 is 1.83 bits per heavy atom.